The van der Waals surface area contributed by atoms with Crippen LogP contribution in [0, 0.1) is 12.8 Å². The first kappa shape index (κ1) is 14.0. The highest BCUT2D eigenvalue weighted by molar-refractivity contribution is 5.50. The number of nitrogens with one attached hydrogen (secondary N) is 2. The highest BCUT2D eigenvalue weighted by Crippen LogP contribution is 2.15. The smallest absolute Gasteiger partial charge is 0.0419 e. The lowest BCUT2D eigenvalue weighted by Crippen LogP contribution is -2.20. The Morgan fingerprint density at radius 1 is 1.35 bits per heavy atom. The van der Waals surface area contributed by atoms with Gasteiger partial charge in [-0.25, -0.2) is 0 Å². The molecule has 0 spiro atoms. The molecule has 0 aromatic carbocycles. The molecule has 0 aliphatic carbocycles. The molecule has 0 saturated carbocycles. The molecule has 1 aromatic rings. The highest BCUT2D eigenvalue weighted by atomic mass is 14.9. The molecule has 0 bridgehead atoms. The largest absolute Gasteiger partial charge is 0.385 e. The first-order valence-electron chi connectivity index (χ1n) is 6.53. The van der Waals surface area contributed by atoms with Crippen LogP contribution in [0.3, 0.4) is 0 Å². The summed E-state index contributed by atoms with van der Waals surface area (Å²) in [4.78, 5) is 4.37. The highest BCUT2D eigenvalue weighted by Gasteiger charge is 2.03. The molecular formula is C14H25N3. The van der Waals surface area contributed by atoms with Crippen LogP contribution in [0.15, 0.2) is 12.3 Å². The third-order valence-corrected chi connectivity index (χ3v) is 2.56. The maximum atomic E-state index is 4.37. The van der Waals surface area contributed by atoms with E-state index in [1.54, 1.807) is 0 Å². The zero-order chi connectivity index (χ0) is 12.7. The maximum absolute atomic E-state index is 4.37. The van der Waals surface area contributed by atoms with Crippen LogP contribution in [0.2, 0.25) is 0 Å². The molecule has 0 aliphatic heterocycles. The molecule has 0 aliphatic rings. The van der Waals surface area contributed by atoms with Crippen molar-refractivity contribution in [3.05, 3.63) is 23.5 Å². The van der Waals surface area contributed by atoms with Gasteiger partial charge in [0.05, 0.1) is 0 Å². The van der Waals surface area contributed by atoms with E-state index in [9.17, 15) is 0 Å². The van der Waals surface area contributed by atoms with Crippen LogP contribution in [0.25, 0.3) is 0 Å². The van der Waals surface area contributed by atoms with Gasteiger partial charge in [0.1, 0.15) is 0 Å². The summed E-state index contributed by atoms with van der Waals surface area (Å²) in [5.74, 6) is 0.681. The van der Waals surface area contributed by atoms with Crippen molar-refractivity contribution in [2.24, 2.45) is 5.92 Å². The van der Waals surface area contributed by atoms with Gasteiger partial charge in [0.2, 0.25) is 0 Å². The lowest BCUT2D eigenvalue weighted by Gasteiger charge is -2.13. The van der Waals surface area contributed by atoms with E-state index in [0.717, 1.165) is 31.7 Å². The third-order valence-electron chi connectivity index (χ3n) is 2.56. The lowest BCUT2D eigenvalue weighted by molar-refractivity contribution is 0.552. The molecule has 1 aromatic heterocycles. The second kappa shape index (κ2) is 7.28. The standard InChI is InChI=1S/C14H25N3/c1-5-6-16-14-7-12(4)17-10-13(14)9-15-8-11(2)3/h7,10-11,15H,5-6,8-9H2,1-4H3,(H,16,17). The van der Waals surface area contributed by atoms with Gasteiger partial charge >= 0.3 is 0 Å². The summed E-state index contributed by atoms with van der Waals surface area (Å²) in [7, 11) is 0. The minimum atomic E-state index is 0.681. The fourth-order valence-corrected chi connectivity index (χ4v) is 1.65. The maximum Gasteiger partial charge on any atom is 0.0419 e. The van der Waals surface area contributed by atoms with Crippen LogP contribution < -0.4 is 10.6 Å². The Morgan fingerprint density at radius 3 is 2.76 bits per heavy atom. The molecule has 0 saturated heterocycles. The predicted molar refractivity (Wildman–Crippen MR) is 74.3 cm³/mol. The normalized spacial score (nSPS) is 10.9. The fourth-order valence-electron chi connectivity index (χ4n) is 1.65. The van der Waals surface area contributed by atoms with Crippen molar-refractivity contribution in [2.75, 3.05) is 18.4 Å². The van der Waals surface area contributed by atoms with Crippen molar-refractivity contribution in [1.29, 1.82) is 0 Å². The Labute approximate surface area is 105 Å². The second-order valence-electron chi connectivity index (χ2n) is 4.93. The monoisotopic (exact) mass is 235 g/mol. The van der Waals surface area contributed by atoms with Gasteiger partial charge in [-0.3, -0.25) is 4.98 Å². The molecule has 3 nitrogen and oxygen atoms in total. The van der Waals surface area contributed by atoms with Crippen LogP contribution >= 0.6 is 0 Å². The molecule has 2 N–H and O–H groups in total. The van der Waals surface area contributed by atoms with Crippen molar-refractivity contribution in [1.82, 2.24) is 10.3 Å². The van der Waals surface area contributed by atoms with E-state index in [-0.39, 0.29) is 0 Å². The van der Waals surface area contributed by atoms with E-state index in [1.165, 1.54) is 11.3 Å². The molecule has 0 amide bonds. The van der Waals surface area contributed by atoms with E-state index in [4.69, 9.17) is 0 Å². The molecule has 0 fully saturated rings. The fraction of sp³-hybridized carbons (Fsp3) is 0.643. The van der Waals surface area contributed by atoms with E-state index in [0.29, 0.717) is 5.92 Å². The average Bonchev–Trinajstić information content (AvgIpc) is 2.28. The SMILES string of the molecule is CCCNc1cc(C)ncc1CNCC(C)C. The molecule has 0 radical (unpaired) electrons. The number of hydrogen-bond acceptors (Lipinski definition) is 3. The number of pyridine rings is 1. The van der Waals surface area contributed by atoms with Gasteiger partial charge in [-0.15, -0.1) is 0 Å². The molecule has 3 heteroatoms. The van der Waals surface area contributed by atoms with Crippen LogP contribution in [0.1, 0.15) is 38.4 Å². The zero-order valence-corrected chi connectivity index (χ0v) is 11.5. The Bertz CT molecular complexity index is 334. The van der Waals surface area contributed by atoms with Gasteiger partial charge in [-0.1, -0.05) is 20.8 Å². The summed E-state index contributed by atoms with van der Waals surface area (Å²) in [6.07, 6.45) is 3.11. The number of aromatic nitrogens is 1. The molecule has 17 heavy (non-hydrogen) atoms. The van der Waals surface area contributed by atoms with Gasteiger partial charge in [0.15, 0.2) is 0 Å². The van der Waals surface area contributed by atoms with E-state index >= 15 is 0 Å². The molecule has 0 unspecified atom stereocenters. The lowest BCUT2D eigenvalue weighted by atomic mass is 10.2. The second-order valence-corrected chi connectivity index (χ2v) is 4.93. The summed E-state index contributed by atoms with van der Waals surface area (Å²) in [5.41, 5.74) is 3.54. The number of rotatable bonds is 7. The quantitative estimate of drug-likeness (QED) is 0.763. The van der Waals surface area contributed by atoms with Crippen molar-refractivity contribution < 1.29 is 0 Å². The summed E-state index contributed by atoms with van der Waals surface area (Å²) in [6.45, 7) is 11.6. The summed E-state index contributed by atoms with van der Waals surface area (Å²) < 4.78 is 0. The Morgan fingerprint density at radius 2 is 2.12 bits per heavy atom. The van der Waals surface area contributed by atoms with Gasteiger partial charge < -0.3 is 10.6 Å². The van der Waals surface area contributed by atoms with Gasteiger partial charge in [0.25, 0.3) is 0 Å². The van der Waals surface area contributed by atoms with Crippen LogP contribution in [-0.4, -0.2) is 18.1 Å². The average molecular weight is 235 g/mol. The topological polar surface area (TPSA) is 37.0 Å². The first-order valence-corrected chi connectivity index (χ1v) is 6.53. The molecule has 1 rings (SSSR count). The van der Waals surface area contributed by atoms with Crippen LogP contribution in [0.4, 0.5) is 5.69 Å². The summed E-state index contributed by atoms with van der Waals surface area (Å²) >= 11 is 0. The Kier molecular flexibility index (Phi) is 5.98. The number of hydrogen-bond donors (Lipinski definition) is 2. The third kappa shape index (κ3) is 5.18. The Hall–Kier alpha value is -1.09. The van der Waals surface area contributed by atoms with Crippen molar-refractivity contribution in [2.45, 2.75) is 40.7 Å². The van der Waals surface area contributed by atoms with Gasteiger partial charge in [0, 0.05) is 36.2 Å². The minimum absolute atomic E-state index is 0.681. The van der Waals surface area contributed by atoms with E-state index in [2.05, 4.69) is 42.5 Å². The zero-order valence-electron chi connectivity index (χ0n) is 11.5. The van der Waals surface area contributed by atoms with Crippen molar-refractivity contribution in [3.63, 3.8) is 0 Å². The van der Waals surface area contributed by atoms with E-state index < -0.39 is 0 Å². The minimum Gasteiger partial charge on any atom is -0.385 e. The predicted octanol–water partition coefficient (Wildman–Crippen LogP) is 2.96. The molecule has 1 heterocycles. The Balaban J connectivity index is 2.62. The molecule has 96 valence electrons. The first-order chi connectivity index (χ1) is 8.13. The van der Waals surface area contributed by atoms with Gasteiger partial charge in [-0.2, -0.15) is 0 Å². The number of nitrogens with zero attached hydrogens (tertiary/aromatic N) is 1. The number of anilines is 1. The number of aryl methyl sites for hydroxylation is 1. The summed E-state index contributed by atoms with van der Waals surface area (Å²) in [6, 6.07) is 2.13. The molecule has 0 atom stereocenters. The van der Waals surface area contributed by atoms with E-state index in [1.807, 2.05) is 13.1 Å². The molecular weight excluding hydrogens is 210 g/mol. The van der Waals surface area contributed by atoms with Crippen molar-refractivity contribution in [3.8, 4) is 0 Å². The summed E-state index contributed by atoms with van der Waals surface area (Å²) in [5, 5.41) is 6.92. The van der Waals surface area contributed by atoms with Crippen LogP contribution in [-0.2, 0) is 6.54 Å². The van der Waals surface area contributed by atoms with Crippen molar-refractivity contribution >= 4 is 5.69 Å². The van der Waals surface area contributed by atoms with Gasteiger partial charge in [-0.05, 0) is 31.9 Å². The van der Waals surface area contributed by atoms with Crippen LogP contribution in [0.5, 0.6) is 0 Å².